The van der Waals surface area contributed by atoms with Crippen molar-refractivity contribution in [2.75, 3.05) is 12.4 Å². The van der Waals surface area contributed by atoms with Gasteiger partial charge in [0.1, 0.15) is 11.6 Å². The van der Waals surface area contributed by atoms with Crippen LogP contribution < -0.4 is 15.4 Å². The third-order valence-corrected chi connectivity index (χ3v) is 3.68. The van der Waals surface area contributed by atoms with Crippen molar-refractivity contribution in [3.8, 4) is 5.75 Å². The molecule has 0 unspecified atom stereocenters. The molecule has 0 heterocycles. The first-order valence-corrected chi connectivity index (χ1v) is 7.83. The van der Waals surface area contributed by atoms with Crippen LogP contribution in [0.2, 0.25) is 0 Å². The first-order valence-electron chi connectivity index (χ1n) is 6.62. The van der Waals surface area contributed by atoms with Crippen molar-refractivity contribution in [3.05, 3.63) is 57.8 Å². The summed E-state index contributed by atoms with van der Waals surface area (Å²) in [4.78, 5) is 12.4. The number of halogens is 2. The van der Waals surface area contributed by atoms with Crippen molar-refractivity contribution in [2.24, 2.45) is 0 Å². The lowest BCUT2D eigenvalue weighted by atomic mass is 10.1. The molecule has 0 atom stereocenters. The summed E-state index contributed by atoms with van der Waals surface area (Å²) < 4.78 is 18.9. The highest BCUT2D eigenvalue weighted by Gasteiger charge is 2.16. The lowest BCUT2D eigenvalue weighted by Gasteiger charge is -2.13. The van der Waals surface area contributed by atoms with Crippen LogP contribution in [0.1, 0.15) is 15.9 Å². The third-order valence-electron chi connectivity index (χ3n) is 3.02. The van der Waals surface area contributed by atoms with Gasteiger partial charge in [0.2, 0.25) is 0 Å². The SMILES string of the molecule is COc1c(C)cc(Br)cc1C(=O)NC(=S)Nc1ccc(F)cc1. The topological polar surface area (TPSA) is 50.4 Å². The molecule has 0 saturated carbocycles. The molecule has 23 heavy (non-hydrogen) atoms. The van der Waals surface area contributed by atoms with Crippen molar-refractivity contribution in [2.45, 2.75) is 6.92 Å². The van der Waals surface area contributed by atoms with Gasteiger partial charge in [-0.15, -0.1) is 0 Å². The van der Waals surface area contributed by atoms with E-state index in [1.54, 1.807) is 6.07 Å². The molecule has 0 spiro atoms. The van der Waals surface area contributed by atoms with Crippen molar-refractivity contribution in [1.29, 1.82) is 0 Å². The maximum atomic E-state index is 12.9. The highest BCUT2D eigenvalue weighted by atomic mass is 79.9. The van der Waals surface area contributed by atoms with Gasteiger partial charge < -0.3 is 10.1 Å². The Hall–Kier alpha value is -1.99. The largest absolute Gasteiger partial charge is 0.496 e. The van der Waals surface area contributed by atoms with Crippen LogP contribution in [0.25, 0.3) is 0 Å². The molecule has 4 nitrogen and oxygen atoms in total. The van der Waals surface area contributed by atoms with Gasteiger partial charge in [-0.25, -0.2) is 4.39 Å². The van der Waals surface area contributed by atoms with Crippen LogP contribution in [0.4, 0.5) is 10.1 Å². The summed E-state index contributed by atoms with van der Waals surface area (Å²) in [6.07, 6.45) is 0. The molecule has 2 N–H and O–H groups in total. The molecule has 0 aliphatic carbocycles. The summed E-state index contributed by atoms with van der Waals surface area (Å²) in [5.74, 6) is -0.263. The Balaban J connectivity index is 2.12. The molecule has 120 valence electrons. The van der Waals surface area contributed by atoms with Crippen LogP contribution in [0.15, 0.2) is 40.9 Å². The number of anilines is 1. The molecule has 0 aromatic heterocycles. The van der Waals surface area contributed by atoms with E-state index < -0.39 is 5.91 Å². The zero-order valence-corrected chi connectivity index (χ0v) is 14.8. The van der Waals surface area contributed by atoms with E-state index in [0.717, 1.165) is 10.0 Å². The second-order valence-electron chi connectivity index (χ2n) is 4.72. The number of methoxy groups -OCH3 is 1. The van der Waals surface area contributed by atoms with Crippen LogP contribution in [-0.2, 0) is 0 Å². The number of ether oxygens (including phenoxy) is 1. The molecule has 2 rings (SSSR count). The molecule has 0 saturated heterocycles. The second-order valence-corrected chi connectivity index (χ2v) is 6.04. The fourth-order valence-corrected chi connectivity index (χ4v) is 2.82. The van der Waals surface area contributed by atoms with Crippen LogP contribution in [0.5, 0.6) is 5.75 Å². The highest BCUT2D eigenvalue weighted by molar-refractivity contribution is 9.10. The summed E-state index contributed by atoms with van der Waals surface area (Å²) in [6, 6.07) is 9.16. The van der Waals surface area contributed by atoms with Crippen LogP contribution in [-0.4, -0.2) is 18.1 Å². The van der Waals surface area contributed by atoms with Gasteiger partial charge in [0.05, 0.1) is 12.7 Å². The first-order chi connectivity index (χ1) is 10.9. The van der Waals surface area contributed by atoms with Crippen molar-refractivity contribution in [3.63, 3.8) is 0 Å². The number of amides is 1. The lowest BCUT2D eigenvalue weighted by molar-refractivity contribution is 0.0974. The number of benzene rings is 2. The number of aryl methyl sites for hydroxylation is 1. The third kappa shape index (κ3) is 4.49. The maximum absolute atomic E-state index is 12.9. The standard InChI is InChI=1S/C16H14BrFN2O2S/c1-9-7-10(17)8-13(14(9)22-2)15(21)20-16(23)19-12-5-3-11(18)4-6-12/h3-8H,1-2H3,(H2,19,20,21,23). The molecule has 2 aromatic carbocycles. The van der Waals surface area contributed by atoms with Crippen LogP contribution >= 0.6 is 28.1 Å². The minimum atomic E-state index is -0.397. The zero-order chi connectivity index (χ0) is 17.0. The molecule has 0 aliphatic heterocycles. The number of hydrogen-bond acceptors (Lipinski definition) is 3. The predicted molar refractivity (Wildman–Crippen MR) is 95.5 cm³/mol. The van der Waals surface area contributed by atoms with E-state index in [-0.39, 0.29) is 10.9 Å². The Morgan fingerprint density at radius 2 is 1.91 bits per heavy atom. The number of rotatable bonds is 3. The zero-order valence-electron chi connectivity index (χ0n) is 12.4. The van der Waals surface area contributed by atoms with E-state index in [4.69, 9.17) is 17.0 Å². The normalized spacial score (nSPS) is 10.1. The molecule has 2 aromatic rings. The van der Waals surface area contributed by atoms with Gasteiger partial charge in [0, 0.05) is 10.2 Å². The number of carbonyl (C=O) groups is 1. The Morgan fingerprint density at radius 1 is 1.26 bits per heavy atom. The van der Waals surface area contributed by atoms with Crippen LogP contribution in [0.3, 0.4) is 0 Å². The van der Waals surface area contributed by atoms with Gasteiger partial charge in [0.25, 0.3) is 5.91 Å². The molecule has 0 fully saturated rings. The molecule has 0 aliphatic rings. The lowest BCUT2D eigenvalue weighted by Crippen LogP contribution is -2.34. The fourth-order valence-electron chi connectivity index (χ4n) is 2.04. The van der Waals surface area contributed by atoms with Crippen molar-refractivity contribution < 1.29 is 13.9 Å². The monoisotopic (exact) mass is 396 g/mol. The van der Waals surface area contributed by atoms with Crippen LogP contribution in [0, 0.1) is 12.7 Å². The van der Waals surface area contributed by atoms with Gasteiger partial charge in [-0.2, -0.15) is 0 Å². The van der Waals surface area contributed by atoms with Crippen molar-refractivity contribution in [1.82, 2.24) is 5.32 Å². The summed E-state index contributed by atoms with van der Waals surface area (Å²) in [7, 11) is 1.50. The minimum absolute atomic E-state index is 0.112. The quantitative estimate of drug-likeness (QED) is 0.768. The van der Waals surface area contributed by atoms with E-state index in [1.807, 2.05) is 13.0 Å². The van der Waals surface area contributed by atoms with Gasteiger partial charge in [-0.3, -0.25) is 10.1 Å². The Morgan fingerprint density at radius 3 is 2.52 bits per heavy atom. The number of thiocarbonyl (C=S) groups is 1. The molecule has 1 amide bonds. The van der Waals surface area contributed by atoms with E-state index in [0.29, 0.717) is 17.0 Å². The van der Waals surface area contributed by atoms with Gasteiger partial charge in [0.15, 0.2) is 5.11 Å². The highest BCUT2D eigenvalue weighted by Crippen LogP contribution is 2.27. The maximum Gasteiger partial charge on any atom is 0.261 e. The minimum Gasteiger partial charge on any atom is -0.496 e. The second kappa shape index (κ2) is 7.52. The number of hydrogen-bond donors (Lipinski definition) is 2. The average Bonchev–Trinajstić information content (AvgIpc) is 2.48. The summed E-state index contributed by atoms with van der Waals surface area (Å²) in [6.45, 7) is 1.84. The molecule has 0 bridgehead atoms. The molecular formula is C16H14BrFN2O2S. The number of carbonyl (C=O) groups excluding carboxylic acids is 1. The van der Waals surface area contributed by atoms with E-state index in [1.165, 1.54) is 31.4 Å². The van der Waals surface area contributed by atoms with Crippen molar-refractivity contribution >= 4 is 44.9 Å². The Kier molecular flexibility index (Phi) is 5.68. The molecule has 7 heteroatoms. The molecular weight excluding hydrogens is 383 g/mol. The first kappa shape index (κ1) is 17.4. The summed E-state index contributed by atoms with van der Waals surface area (Å²) in [5, 5.41) is 5.50. The summed E-state index contributed by atoms with van der Waals surface area (Å²) >= 11 is 8.45. The van der Waals surface area contributed by atoms with E-state index >= 15 is 0 Å². The smallest absolute Gasteiger partial charge is 0.261 e. The average molecular weight is 397 g/mol. The summed E-state index contributed by atoms with van der Waals surface area (Å²) in [5.41, 5.74) is 1.76. The number of nitrogens with one attached hydrogen (secondary N) is 2. The van der Waals surface area contributed by atoms with Gasteiger partial charge in [-0.1, -0.05) is 15.9 Å². The van der Waals surface area contributed by atoms with Gasteiger partial charge in [-0.05, 0) is 61.1 Å². The van der Waals surface area contributed by atoms with Gasteiger partial charge >= 0.3 is 0 Å². The van der Waals surface area contributed by atoms with E-state index in [9.17, 15) is 9.18 Å². The Bertz CT molecular complexity index is 750. The Labute approximate surface area is 147 Å². The fraction of sp³-hybridized carbons (Fsp3) is 0.125. The molecule has 0 radical (unpaired) electrons. The van der Waals surface area contributed by atoms with E-state index in [2.05, 4.69) is 26.6 Å². The predicted octanol–water partition coefficient (Wildman–Crippen LogP) is 4.03.